The van der Waals surface area contributed by atoms with Crippen LogP contribution in [0.2, 0.25) is 0 Å². The van der Waals surface area contributed by atoms with E-state index in [0.717, 1.165) is 5.75 Å². The Labute approximate surface area is 156 Å². The summed E-state index contributed by atoms with van der Waals surface area (Å²) in [5.41, 5.74) is 1.88. The number of rotatable bonds is 6. The minimum atomic E-state index is -0.321. The topological polar surface area (TPSA) is 55.2 Å². The largest absolute Gasteiger partial charge is 0.486 e. The molecular formula is C19H19FN4OS. The molecule has 3 rings (SSSR count). The minimum absolute atomic E-state index is 0.203. The maximum absolute atomic E-state index is 13.3. The van der Waals surface area contributed by atoms with Crippen molar-refractivity contribution < 1.29 is 9.13 Å². The number of aromatic nitrogens is 3. The Morgan fingerprint density at radius 1 is 1.27 bits per heavy atom. The number of H-pyrrole nitrogens is 1. The molecule has 2 aromatic carbocycles. The standard InChI is InChI=1S/C19H19FN4OS/c1-13(2)15-6-8-17(9-7-15)25-12-18-22-23-19(26)24(18)21-11-14-4-3-5-16(20)10-14/h3-11,13H,12H2,1-2H3,(H,23,26)/b21-11-. The lowest BCUT2D eigenvalue weighted by atomic mass is 10.0. The molecule has 26 heavy (non-hydrogen) atoms. The Balaban J connectivity index is 1.72. The molecule has 134 valence electrons. The molecule has 3 aromatic rings. The normalized spacial score (nSPS) is 11.4. The summed E-state index contributed by atoms with van der Waals surface area (Å²) in [6.07, 6.45) is 1.52. The van der Waals surface area contributed by atoms with E-state index in [4.69, 9.17) is 17.0 Å². The molecule has 0 aliphatic rings. The summed E-state index contributed by atoms with van der Waals surface area (Å²) >= 11 is 5.19. The average molecular weight is 370 g/mol. The highest BCUT2D eigenvalue weighted by Gasteiger charge is 2.07. The lowest BCUT2D eigenvalue weighted by Gasteiger charge is -2.08. The van der Waals surface area contributed by atoms with Gasteiger partial charge in [-0.25, -0.2) is 9.49 Å². The van der Waals surface area contributed by atoms with Crippen LogP contribution in [0.3, 0.4) is 0 Å². The van der Waals surface area contributed by atoms with Gasteiger partial charge in [-0.3, -0.25) is 0 Å². The molecule has 0 amide bonds. The maximum atomic E-state index is 13.3. The molecule has 7 heteroatoms. The number of nitrogens with zero attached hydrogens (tertiary/aromatic N) is 3. The molecule has 0 radical (unpaired) electrons. The Kier molecular flexibility index (Phi) is 5.58. The zero-order valence-electron chi connectivity index (χ0n) is 14.5. The van der Waals surface area contributed by atoms with Crippen LogP contribution in [0, 0.1) is 10.6 Å². The number of benzene rings is 2. The van der Waals surface area contributed by atoms with E-state index in [1.54, 1.807) is 12.1 Å². The molecule has 0 fully saturated rings. The van der Waals surface area contributed by atoms with Gasteiger partial charge >= 0.3 is 0 Å². The van der Waals surface area contributed by atoms with Gasteiger partial charge in [-0.05, 0) is 53.5 Å². The van der Waals surface area contributed by atoms with Crippen LogP contribution in [0.5, 0.6) is 5.75 Å². The fourth-order valence-electron chi connectivity index (χ4n) is 2.34. The summed E-state index contributed by atoms with van der Waals surface area (Å²) in [7, 11) is 0. The van der Waals surface area contributed by atoms with E-state index >= 15 is 0 Å². The zero-order valence-corrected chi connectivity index (χ0v) is 15.3. The quantitative estimate of drug-likeness (QED) is 0.507. The number of halogens is 1. The van der Waals surface area contributed by atoms with Crippen LogP contribution in [0.15, 0.2) is 53.6 Å². The maximum Gasteiger partial charge on any atom is 0.216 e. The Morgan fingerprint density at radius 2 is 2.04 bits per heavy atom. The highest BCUT2D eigenvalue weighted by Crippen LogP contribution is 2.19. The first kappa shape index (κ1) is 18.0. The average Bonchev–Trinajstić information content (AvgIpc) is 2.98. The van der Waals surface area contributed by atoms with Gasteiger partial charge in [0.15, 0.2) is 5.82 Å². The van der Waals surface area contributed by atoms with Gasteiger partial charge in [0.05, 0.1) is 6.21 Å². The fraction of sp³-hybridized carbons (Fsp3) is 0.211. The molecule has 0 unspecified atom stereocenters. The summed E-state index contributed by atoms with van der Waals surface area (Å²) in [6, 6.07) is 14.1. The van der Waals surface area contributed by atoms with Crippen LogP contribution in [-0.4, -0.2) is 21.1 Å². The van der Waals surface area contributed by atoms with Gasteiger partial charge in [-0.1, -0.05) is 38.1 Å². The highest BCUT2D eigenvalue weighted by atomic mass is 32.1. The third-order valence-corrected chi connectivity index (χ3v) is 4.07. The van der Waals surface area contributed by atoms with Crippen LogP contribution in [-0.2, 0) is 6.61 Å². The monoisotopic (exact) mass is 370 g/mol. The molecule has 0 aliphatic heterocycles. The molecule has 5 nitrogen and oxygen atoms in total. The number of nitrogens with one attached hydrogen (secondary N) is 1. The van der Waals surface area contributed by atoms with Crippen molar-refractivity contribution in [1.82, 2.24) is 14.9 Å². The zero-order chi connectivity index (χ0) is 18.5. The van der Waals surface area contributed by atoms with Crippen molar-refractivity contribution in [2.24, 2.45) is 5.10 Å². The van der Waals surface area contributed by atoms with Crippen molar-refractivity contribution in [3.63, 3.8) is 0 Å². The van der Waals surface area contributed by atoms with Crippen molar-refractivity contribution in [1.29, 1.82) is 0 Å². The lowest BCUT2D eigenvalue weighted by Crippen LogP contribution is -2.04. The third-order valence-electron chi connectivity index (χ3n) is 3.80. The van der Waals surface area contributed by atoms with Gasteiger partial charge in [0.1, 0.15) is 18.2 Å². The third kappa shape index (κ3) is 4.43. The van der Waals surface area contributed by atoms with Gasteiger partial charge in [-0.15, -0.1) is 0 Å². The minimum Gasteiger partial charge on any atom is -0.486 e. The van der Waals surface area contributed by atoms with Gasteiger partial charge in [-0.2, -0.15) is 14.9 Å². The van der Waals surface area contributed by atoms with Gasteiger partial charge in [0.25, 0.3) is 0 Å². The molecule has 0 saturated heterocycles. The van der Waals surface area contributed by atoms with Crippen molar-refractivity contribution in [3.8, 4) is 5.75 Å². The van der Waals surface area contributed by atoms with Gasteiger partial charge < -0.3 is 4.74 Å². The van der Waals surface area contributed by atoms with E-state index in [1.165, 1.54) is 28.6 Å². The molecule has 0 spiro atoms. The molecule has 1 aromatic heterocycles. The van der Waals surface area contributed by atoms with Crippen LogP contribution in [0.25, 0.3) is 0 Å². The Morgan fingerprint density at radius 3 is 2.73 bits per heavy atom. The van der Waals surface area contributed by atoms with Crippen molar-refractivity contribution in [2.75, 3.05) is 0 Å². The second kappa shape index (κ2) is 8.05. The summed E-state index contributed by atoms with van der Waals surface area (Å²) < 4.78 is 20.8. The first-order valence-corrected chi connectivity index (χ1v) is 8.63. The molecule has 0 aliphatic carbocycles. The number of ether oxygens (including phenoxy) is 1. The van der Waals surface area contributed by atoms with Crippen molar-refractivity contribution in [2.45, 2.75) is 26.4 Å². The smallest absolute Gasteiger partial charge is 0.216 e. The van der Waals surface area contributed by atoms with E-state index in [1.807, 2.05) is 24.3 Å². The first-order chi connectivity index (χ1) is 12.5. The Hall–Kier alpha value is -2.80. The number of hydrogen-bond acceptors (Lipinski definition) is 4. The predicted molar refractivity (Wildman–Crippen MR) is 102 cm³/mol. The van der Waals surface area contributed by atoms with Crippen LogP contribution < -0.4 is 4.74 Å². The predicted octanol–water partition coefficient (Wildman–Crippen LogP) is 4.66. The molecule has 0 bridgehead atoms. The number of aromatic amines is 1. The molecule has 0 saturated carbocycles. The summed E-state index contributed by atoms with van der Waals surface area (Å²) in [4.78, 5) is 0. The fourth-order valence-corrected chi connectivity index (χ4v) is 2.54. The molecular weight excluding hydrogens is 351 g/mol. The van der Waals surface area contributed by atoms with Crippen molar-refractivity contribution >= 4 is 18.4 Å². The highest BCUT2D eigenvalue weighted by molar-refractivity contribution is 7.71. The summed E-state index contributed by atoms with van der Waals surface area (Å²) in [5.74, 6) is 1.41. The number of hydrogen-bond donors (Lipinski definition) is 1. The SMILES string of the molecule is CC(C)c1ccc(OCc2n[nH]c(=S)n2/N=C\c2cccc(F)c2)cc1. The van der Waals surface area contributed by atoms with E-state index in [2.05, 4.69) is 29.1 Å². The van der Waals surface area contributed by atoms with Crippen LogP contribution in [0.4, 0.5) is 4.39 Å². The first-order valence-electron chi connectivity index (χ1n) is 8.22. The summed E-state index contributed by atoms with van der Waals surface area (Å²) in [5, 5.41) is 11.1. The van der Waals surface area contributed by atoms with E-state index in [9.17, 15) is 4.39 Å². The van der Waals surface area contributed by atoms with Crippen LogP contribution in [0.1, 0.15) is 36.7 Å². The Bertz CT molecular complexity index is 960. The summed E-state index contributed by atoms with van der Waals surface area (Å²) in [6.45, 7) is 4.49. The van der Waals surface area contributed by atoms with Gasteiger partial charge in [0.2, 0.25) is 4.77 Å². The second-order valence-corrected chi connectivity index (χ2v) is 6.46. The van der Waals surface area contributed by atoms with E-state index < -0.39 is 0 Å². The second-order valence-electron chi connectivity index (χ2n) is 6.07. The molecule has 1 N–H and O–H groups in total. The lowest BCUT2D eigenvalue weighted by molar-refractivity contribution is 0.290. The van der Waals surface area contributed by atoms with Crippen molar-refractivity contribution in [3.05, 3.63) is 76.1 Å². The van der Waals surface area contributed by atoms with Gasteiger partial charge in [0, 0.05) is 0 Å². The van der Waals surface area contributed by atoms with E-state index in [-0.39, 0.29) is 12.4 Å². The molecule has 0 atom stereocenters. The van der Waals surface area contributed by atoms with E-state index in [0.29, 0.717) is 22.1 Å². The molecule has 1 heterocycles. The van der Waals surface area contributed by atoms with Crippen LogP contribution >= 0.6 is 12.2 Å².